The summed E-state index contributed by atoms with van der Waals surface area (Å²) in [4.78, 5) is 27.2. The molecule has 0 saturated carbocycles. The zero-order valence-corrected chi connectivity index (χ0v) is 19.3. The molecule has 4 amide bonds. The van der Waals surface area contributed by atoms with Gasteiger partial charge in [0, 0.05) is 24.8 Å². The number of nitrogens with zero attached hydrogens (tertiary/aromatic N) is 1. The van der Waals surface area contributed by atoms with Gasteiger partial charge in [-0.2, -0.15) is 0 Å². The lowest BCUT2D eigenvalue weighted by Gasteiger charge is -2.38. The van der Waals surface area contributed by atoms with Crippen molar-refractivity contribution >= 4 is 17.7 Å². The molecule has 172 valence electrons. The fourth-order valence-corrected chi connectivity index (χ4v) is 3.82. The van der Waals surface area contributed by atoms with E-state index >= 15 is 0 Å². The quantitative estimate of drug-likeness (QED) is 0.636. The Balaban J connectivity index is 1.83. The summed E-state index contributed by atoms with van der Waals surface area (Å²) in [6, 6.07) is 10.6. The van der Waals surface area contributed by atoms with E-state index in [1.165, 1.54) is 0 Å². The molecule has 32 heavy (non-hydrogen) atoms. The van der Waals surface area contributed by atoms with Crippen LogP contribution in [0.3, 0.4) is 0 Å². The van der Waals surface area contributed by atoms with Crippen LogP contribution in [0.2, 0.25) is 0 Å². The van der Waals surface area contributed by atoms with Crippen LogP contribution in [-0.4, -0.2) is 50.3 Å². The molecule has 1 aliphatic rings. The number of aryl methyl sites for hydroxylation is 1. The second-order valence-electron chi connectivity index (χ2n) is 8.17. The van der Waals surface area contributed by atoms with Crippen LogP contribution >= 0.6 is 0 Å². The van der Waals surface area contributed by atoms with Crippen molar-refractivity contribution in [2.75, 3.05) is 32.6 Å². The van der Waals surface area contributed by atoms with Gasteiger partial charge < -0.3 is 30.3 Å². The highest BCUT2D eigenvalue weighted by Gasteiger charge is 2.32. The van der Waals surface area contributed by atoms with E-state index in [1.807, 2.05) is 57.2 Å². The topological polar surface area (TPSA) is 91.9 Å². The third-order valence-corrected chi connectivity index (χ3v) is 5.44. The maximum absolute atomic E-state index is 12.9. The number of nitrogens with one attached hydrogen (secondary N) is 3. The fraction of sp³-hybridized carbons (Fsp3) is 0.417. The molecule has 1 atom stereocenters. The molecule has 0 unspecified atom stereocenters. The van der Waals surface area contributed by atoms with Crippen molar-refractivity contribution in [3.05, 3.63) is 53.1 Å². The predicted octanol–water partition coefficient (Wildman–Crippen LogP) is 3.85. The molecule has 8 nitrogen and oxygen atoms in total. The lowest BCUT2D eigenvalue weighted by molar-refractivity contribution is 0.165. The van der Waals surface area contributed by atoms with E-state index in [9.17, 15) is 9.59 Å². The van der Waals surface area contributed by atoms with Gasteiger partial charge in [-0.3, -0.25) is 0 Å². The van der Waals surface area contributed by atoms with Crippen LogP contribution in [0.15, 0.2) is 36.4 Å². The largest absolute Gasteiger partial charge is 0.493 e. The summed E-state index contributed by atoms with van der Waals surface area (Å²) in [6.45, 7) is 6.63. The van der Waals surface area contributed by atoms with Crippen LogP contribution in [0.1, 0.15) is 36.6 Å². The lowest BCUT2D eigenvalue weighted by Crippen LogP contribution is -2.50. The summed E-state index contributed by atoms with van der Waals surface area (Å²) >= 11 is 0. The van der Waals surface area contributed by atoms with Crippen molar-refractivity contribution in [2.45, 2.75) is 39.3 Å². The number of fused-ring (bicyclic) bond motifs is 1. The van der Waals surface area contributed by atoms with E-state index in [0.29, 0.717) is 30.2 Å². The SMILES string of the molecule is COc1cc2c(cc1OC)[C@H](CNC(=O)Nc1ccc(C)cc1)N(C(=O)NC(C)C)CC2. The van der Waals surface area contributed by atoms with Gasteiger partial charge in [0.15, 0.2) is 11.5 Å². The number of rotatable bonds is 6. The van der Waals surface area contributed by atoms with Gasteiger partial charge in [0.25, 0.3) is 0 Å². The number of methoxy groups -OCH3 is 2. The van der Waals surface area contributed by atoms with Gasteiger partial charge in [-0.05, 0) is 62.6 Å². The van der Waals surface area contributed by atoms with E-state index in [1.54, 1.807) is 19.1 Å². The smallest absolute Gasteiger partial charge is 0.319 e. The van der Waals surface area contributed by atoms with E-state index < -0.39 is 0 Å². The first kappa shape index (κ1) is 23.2. The van der Waals surface area contributed by atoms with Crippen LogP contribution in [0.5, 0.6) is 11.5 Å². The number of hydrogen-bond acceptors (Lipinski definition) is 4. The van der Waals surface area contributed by atoms with Crippen LogP contribution in [0.25, 0.3) is 0 Å². The zero-order chi connectivity index (χ0) is 23.3. The summed E-state index contributed by atoms with van der Waals surface area (Å²) < 4.78 is 10.9. The zero-order valence-electron chi connectivity index (χ0n) is 19.3. The van der Waals surface area contributed by atoms with Crippen LogP contribution in [0.4, 0.5) is 15.3 Å². The maximum Gasteiger partial charge on any atom is 0.319 e. The minimum Gasteiger partial charge on any atom is -0.493 e. The van der Waals surface area contributed by atoms with Gasteiger partial charge in [-0.1, -0.05) is 17.7 Å². The Morgan fingerprint density at radius 2 is 1.75 bits per heavy atom. The van der Waals surface area contributed by atoms with Gasteiger partial charge in [-0.25, -0.2) is 9.59 Å². The molecule has 1 heterocycles. The minimum atomic E-state index is -0.346. The molecule has 0 bridgehead atoms. The highest BCUT2D eigenvalue weighted by atomic mass is 16.5. The Morgan fingerprint density at radius 1 is 1.09 bits per heavy atom. The number of urea groups is 2. The highest BCUT2D eigenvalue weighted by Crippen LogP contribution is 2.38. The Kier molecular flexibility index (Phi) is 7.45. The Hall–Kier alpha value is -3.42. The Morgan fingerprint density at radius 3 is 2.38 bits per heavy atom. The molecule has 0 spiro atoms. The number of amides is 4. The van der Waals surface area contributed by atoms with Gasteiger partial charge in [0.2, 0.25) is 0 Å². The molecule has 0 aliphatic carbocycles. The molecule has 0 fully saturated rings. The first-order valence-corrected chi connectivity index (χ1v) is 10.8. The average molecular weight is 441 g/mol. The second-order valence-corrected chi connectivity index (χ2v) is 8.17. The molecule has 8 heteroatoms. The maximum atomic E-state index is 12.9. The molecular weight excluding hydrogens is 408 g/mol. The van der Waals surface area contributed by atoms with Crippen LogP contribution in [-0.2, 0) is 6.42 Å². The van der Waals surface area contributed by atoms with Crippen molar-refractivity contribution < 1.29 is 19.1 Å². The summed E-state index contributed by atoms with van der Waals surface area (Å²) in [5.74, 6) is 1.24. The molecule has 2 aromatic carbocycles. The molecule has 1 aliphatic heterocycles. The number of benzene rings is 2. The first-order valence-electron chi connectivity index (χ1n) is 10.8. The molecule has 0 saturated heterocycles. The number of hydrogen-bond donors (Lipinski definition) is 3. The van der Waals surface area contributed by atoms with Gasteiger partial charge in [0.05, 0.1) is 20.3 Å². The Bertz CT molecular complexity index is 959. The molecule has 2 aromatic rings. The van der Waals surface area contributed by atoms with Gasteiger partial charge >= 0.3 is 12.1 Å². The van der Waals surface area contributed by atoms with Crippen LogP contribution in [0, 0.1) is 6.92 Å². The predicted molar refractivity (Wildman–Crippen MR) is 125 cm³/mol. The number of anilines is 1. The highest BCUT2D eigenvalue weighted by molar-refractivity contribution is 5.89. The number of ether oxygens (including phenoxy) is 2. The lowest BCUT2D eigenvalue weighted by atomic mass is 9.92. The number of carbonyl (C=O) groups excluding carboxylic acids is 2. The second kappa shape index (κ2) is 10.3. The van der Waals surface area contributed by atoms with E-state index in [-0.39, 0.29) is 30.7 Å². The summed E-state index contributed by atoms with van der Waals surface area (Å²) in [5, 5.41) is 8.71. The third-order valence-electron chi connectivity index (χ3n) is 5.44. The van der Waals surface area contributed by atoms with Crippen LogP contribution < -0.4 is 25.4 Å². The normalized spacial score (nSPS) is 15.1. The van der Waals surface area contributed by atoms with Crippen molar-refractivity contribution in [1.29, 1.82) is 0 Å². The van der Waals surface area contributed by atoms with Crippen molar-refractivity contribution in [1.82, 2.24) is 15.5 Å². The summed E-state index contributed by atoms with van der Waals surface area (Å²) in [6.07, 6.45) is 0.688. The van der Waals surface area contributed by atoms with Gasteiger partial charge in [0.1, 0.15) is 0 Å². The first-order chi connectivity index (χ1) is 15.3. The summed E-state index contributed by atoms with van der Waals surface area (Å²) in [5.41, 5.74) is 3.83. The molecule has 0 radical (unpaired) electrons. The third kappa shape index (κ3) is 5.43. The van der Waals surface area contributed by atoms with Crippen molar-refractivity contribution in [2.24, 2.45) is 0 Å². The monoisotopic (exact) mass is 440 g/mol. The summed E-state index contributed by atoms with van der Waals surface area (Å²) in [7, 11) is 3.18. The Labute approximate surface area is 189 Å². The van der Waals surface area contributed by atoms with E-state index in [2.05, 4.69) is 16.0 Å². The number of carbonyl (C=O) groups is 2. The van der Waals surface area contributed by atoms with Gasteiger partial charge in [-0.15, -0.1) is 0 Å². The van der Waals surface area contributed by atoms with E-state index in [4.69, 9.17) is 9.47 Å². The fourth-order valence-electron chi connectivity index (χ4n) is 3.82. The average Bonchev–Trinajstić information content (AvgIpc) is 2.77. The van der Waals surface area contributed by atoms with Crippen molar-refractivity contribution in [3.8, 4) is 11.5 Å². The minimum absolute atomic E-state index is 0.00717. The van der Waals surface area contributed by atoms with E-state index in [0.717, 1.165) is 16.7 Å². The molecule has 3 N–H and O–H groups in total. The van der Waals surface area contributed by atoms with Crippen molar-refractivity contribution in [3.63, 3.8) is 0 Å². The standard InChI is InChI=1S/C24H32N4O4/c1-15(2)26-24(30)28-11-10-17-12-21(31-4)22(32-5)13-19(17)20(28)14-25-23(29)27-18-8-6-16(3)7-9-18/h6-9,12-13,15,20H,10-11,14H2,1-5H3,(H,26,30)(H2,25,27,29)/t20-/m0/s1. The molecular formula is C24H32N4O4. The molecule has 0 aromatic heterocycles. The molecule has 3 rings (SSSR count).